The standard InChI is InChI=1S/C58H38N2/c1-4-19-39(20-5-1)40-35-37-41(38-36-40)55-47-27-12-17-34-53(47)59-56(60-55)46-26-11-14-30-49(46)57(42-21-6-2-7-22-42)50-31-15-16-32-51(50)58(43-23-8-3-9-24-43)48-29-13-10-25-44(48)45-28-18-33-52(57)54(45)58/h1-38H. The van der Waals surface area contributed by atoms with Crippen molar-refractivity contribution in [3.63, 3.8) is 0 Å². The molecule has 2 aliphatic rings. The van der Waals surface area contributed by atoms with Gasteiger partial charge in [-0.25, -0.2) is 9.97 Å². The number of nitrogens with zero attached hydrogens (tertiary/aromatic N) is 2. The lowest BCUT2D eigenvalue weighted by Crippen LogP contribution is -2.44. The molecule has 2 atom stereocenters. The van der Waals surface area contributed by atoms with E-state index < -0.39 is 10.8 Å². The molecule has 0 saturated heterocycles. The highest BCUT2D eigenvalue weighted by Crippen LogP contribution is 2.66. The molecule has 0 N–H and O–H groups in total. The van der Waals surface area contributed by atoms with E-state index in [2.05, 4.69) is 231 Å². The zero-order valence-corrected chi connectivity index (χ0v) is 32.8. The average Bonchev–Trinajstić information content (AvgIpc) is 3.64. The lowest BCUT2D eigenvalue weighted by atomic mass is 9.51. The Morgan fingerprint density at radius 1 is 0.283 bits per heavy atom. The molecule has 0 aliphatic heterocycles. The van der Waals surface area contributed by atoms with Crippen LogP contribution >= 0.6 is 0 Å². The predicted molar refractivity (Wildman–Crippen MR) is 245 cm³/mol. The van der Waals surface area contributed by atoms with Gasteiger partial charge in [0.05, 0.1) is 22.0 Å². The van der Waals surface area contributed by atoms with Crippen LogP contribution in [0, 0.1) is 0 Å². The summed E-state index contributed by atoms with van der Waals surface area (Å²) in [5.74, 6) is 0.704. The van der Waals surface area contributed by atoms with Gasteiger partial charge in [0.2, 0.25) is 0 Å². The van der Waals surface area contributed by atoms with Gasteiger partial charge < -0.3 is 0 Å². The fourth-order valence-corrected chi connectivity index (χ4v) is 10.7. The molecule has 0 spiro atoms. The van der Waals surface area contributed by atoms with E-state index in [1.807, 2.05) is 0 Å². The summed E-state index contributed by atoms with van der Waals surface area (Å²) in [7, 11) is 0. The van der Waals surface area contributed by atoms with Crippen LogP contribution in [-0.4, -0.2) is 9.97 Å². The molecule has 2 nitrogen and oxygen atoms in total. The molecule has 0 saturated carbocycles. The first-order chi connectivity index (χ1) is 29.8. The second-order valence-corrected chi connectivity index (χ2v) is 16.0. The number of hydrogen-bond donors (Lipinski definition) is 0. The van der Waals surface area contributed by atoms with Gasteiger partial charge in [-0.05, 0) is 72.8 Å². The van der Waals surface area contributed by atoms with Crippen molar-refractivity contribution in [1.82, 2.24) is 9.97 Å². The van der Waals surface area contributed by atoms with Crippen LogP contribution in [0.25, 0.3) is 55.8 Å². The third kappa shape index (κ3) is 4.76. The summed E-state index contributed by atoms with van der Waals surface area (Å²) < 4.78 is 0. The molecule has 2 heteroatoms. The molecule has 0 radical (unpaired) electrons. The van der Waals surface area contributed by atoms with Gasteiger partial charge in [0, 0.05) is 16.5 Å². The summed E-state index contributed by atoms with van der Waals surface area (Å²) in [5.41, 5.74) is 17.7. The Morgan fingerprint density at radius 3 is 1.45 bits per heavy atom. The second-order valence-electron chi connectivity index (χ2n) is 16.0. The van der Waals surface area contributed by atoms with Crippen LogP contribution in [0.15, 0.2) is 231 Å². The zero-order chi connectivity index (χ0) is 39.7. The fraction of sp³-hybridized carbons (Fsp3) is 0.0345. The summed E-state index contributed by atoms with van der Waals surface area (Å²) in [4.78, 5) is 11.0. The van der Waals surface area contributed by atoms with Gasteiger partial charge in [-0.3, -0.25) is 0 Å². The first kappa shape index (κ1) is 34.4. The molecule has 2 aliphatic carbocycles. The normalized spacial score (nSPS) is 17.1. The summed E-state index contributed by atoms with van der Waals surface area (Å²) in [5, 5.41) is 1.03. The highest BCUT2D eigenvalue weighted by atomic mass is 14.9. The van der Waals surface area contributed by atoms with Gasteiger partial charge in [0.25, 0.3) is 0 Å². The fourth-order valence-electron chi connectivity index (χ4n) is 10.7. The number of rotatable bonds is 6. The van der Waals surface area contributed by atoms with Crippen LogP contribution in [0.4, 0.5) is 0 Å². The minimum absolute atomic E-state index is 0.522. The van der Waals surface area contributed by atoms with Gasteiger partial charge in [0.15, 0.2) is 5.82 Å². The average molecular weight is 763 g/mol. The number of hydrogen-bond acceptors (Lipinski definition) is 2. The molecule has 1 aromatic heterocycles. The maximum Gasteiger partial charge on any atom is 0.160 e. The molecular weight excluding hydrogens is 725 g/mol. The largest absolute Gasteiger partial charge is 0.228 e. The van der Waals surface area contributed by atoms with E-state index in [0.29, 0.717) is 5.82 Å². The maximum absolute atomic E-state index is 5.56. The van der Waals surface area contributed by atoms with Gasteiger partial charge in [-0.2, -0.15) is 0 Å². The first-order valence-corrected chi connectivity index (χ1v) is 20.8. The van der Waals surface area contributed by atoms with E-state index in [1.165, 1.54) is 61.2 Å². The molecule has 9 aromatic carbocycles. The van der Waals surface area contributed by atoms with Crippen molar-refractivity contribution in [1.29, 1.82) is 0 Å². The molecule has 0 bridgehead atoms. The van der Waals surface area contributed by atoms with Crippen LogP contribution in [0.3, 0.4) is 0 Å². The predicted octanol–water partition coefficient (Wildman–Crippen LogP) is 13.7. The van der Waals surface area contributed by atoms with E-state index >= 15 is 0 Å². The van der Waals surface area contributed by atoms with Gasteiger partial charge in [0.1, 0.15) is 0 Å². The van der Waals surface area contributed by atoms with E-state index in [1.54, 1.807) is 0 Å². The van der Waals surface area contributed by atoms with Crippen LogP contribution in [0.2, 0.25) is 0 Å². The summed E-state index contributed by atoms with van der Waals surface area (Å²) >= 11 is 0. The van der Waals surface area contributed by atoms with Crippen molar-refractivity contribution in [3.05, 3.63) is 275 Å². The maximum atomic E-state index is 5.56. The Balaban J connectivity index is 1.17. The van der Waals surface area contributed by atoms with Gasteiger partial charge >= 0.3 is 0 Å². The van der Waals surface area contributed by atoms with Crippen LogP contribution in [-0.2, 0) is 10.8 Å². The SMILES string of the molecule is c1ccc(-c2ccc(-c3nc(-c4ccccc4C4(c5ccccc5)c5ccccc5C5(c6ccccc6)c6ccccc6-c6cccc4c65)nc4ccccc34)cc2)cc1. The Morgan fingerprint density at radius 2 is 0.750 bits per heavy atom. The lowest BCUT2D eigenvalue weighted by molar-refractivity contribution is 0.627. The van der Waals surface area contributed by atoms with Crippen LogP contribution < -0.4 is 0 Å². The Labute approximate surface area is 350 Å². The van der Waals surface area contributed by atoms with Crippen LogP contribution in [0.1, 0.15) is 44.5 Å². The van der Waals surface area contributed by atoms with E-state index in [9.17, 15) is 0 Å². The lowest BCUT2D eigenvalue weighted by Gasteiger charge is -2.50. The molecular formula is C58H38N2. The molecule has 2 unspecified atom stereocenters. The molecule has 0 fully saturated rings. The van der Waals surface area contributed by atoms with E-state index in [0.717, 1.165) is 33.3 Å². The highest BCUT2D eigenvalue weighted by Gasteiger charge is 2.58. The van der Waals surface area contributed by atoms with Crippen molar-refractivity contribution in [3.8, 4) is 44.9 Å². The Kier molecular flexibility index (Phi) is 7.70. The summed E-state index contributed by atoms with van der Waals surface area (Å²) in [6.45, 7) is 0. The van der Waals surface area contributed by atoms with Crippen molar-refractivity contribution < 1.29 is 0 Å². The zero-order valence-electron chi connectivity index (χ0n) is 32.8. The summed E-state index contributed by atoms with van der Waals surface area (Å²) in [6, 6.07) is 84.1. The van der Waals surface area contributed by atoms with Gasteiger partial charge in [-0.15, -0.1) is 0 Å². The van der Waals surface area contributed by atoms with Gasteiger partial charge in [-0.1, -0.05) is 224 Å². The second kappa shape index (κ2) is 13.4. The summed E-state index contributed by atoms with van der Waals surface area (Å²) in [6.07, 6.45) is 0. The molecule has 12 rings (SSSR count). The topological polar surface area (TPSA) is 25.8 Å². The molecule has 60 heavy (non-hydrogen) atoms. The number of benzene rings is 9. The van der Waals surface area contributed by atoms with E-state index in [4.69, 9.17) is 9.97 Å². The third-order valence-electron chi connectivity index (χ3n) is 13.1. The first-order valence-electron chi connectivity index (χ1n) is 20.8. The smallest absolute Gasteiger partial charge is 0.160 e. The van der Waals surface area contributed by atoms with Crippen molar-refractivity contribution >= 4 is 10.9 Å². The van der Waals surface area contributed by atoms with E-state index in [-0.39, 0.29) is 0 Å². The third-order valence-corrected chi connectivity index (χ3v) is 13.1. The van der Waals surface area contributed by atoms with Crippen molar-refractivity contribution in [2.45, 2.75) is 10.8 Å². The van der Waals surface area contributed by atoms with Crippen molar-refractivity contribution in [2.24, 2.45) is 0 Å². The monoisotopic (exact) mass is 762 g/mol. The quantitative estimate of drug-likeness (QED) is 0.169. The Hall–Kier alpha value is -7.68. The highest BCUT2D eigenvalue weighted by molar-refractivity contribution is 5.95. The Bertz CT molecular complexity index is 3250. The molecule has 280 valence electrons. The van der Waals surface area contributed by atoms with Crippen LogP contribution in [0.5, 0.6) is 0 Å². The minimum atomic E-state index is -0.730. The number of para-hydroxylation sites is 1. The molecule has 0 amide bonds. The number of fused-ring (bicyclic) bond motifs is 6. The minimum Gasteiger partial charge on any atom is -0.228 e. The molecule has 10 aromatic rings. The van der Waals surface area contributed by atoms with Crippen molar-refractivity contribution in [2.75, 3.05) is 0 Å². The molecule has 1 heterocycles. The number of aromatic nitrogens is 2.